The van der Waals surface area contributed by atoms with Crippen LogP contribution in [-0.2, 0) is 6.42 Å². The van der Waals surface area contributed by atoms with Crippen LogP contribution in [0.15, 0.2) is 34.1 Å². The third-order valence-corrected chi connectivity index (χ3v) is 3.80. The molecule has 0 fully saturated rings. The van der Waals surface area contributed by atoms with Crippen molar-refractivity contribution in [3.8, 4) is 0 Å². The molecule has 1 unspecified atom stereocenters. The van der Waals surface area contributed by atoms with Gasteiger partial charge in [0.2, 0.25) is 0 Å². The van der Waals surface area contributed by atoms with Gasteiger partial charge in [0, 0.05) is 22.0 Å². The number of aromatic nitrogens is 1. The fraction of sp³-hybridized carbons (Fsp3) is 0.250. The highest BCUT2D eigenvalue weighted by molar-refractivity contribution is 9.10. The molecule has 2 rings (SSSR count). The number of rotatable bonds is 3. The number of thiazole rings is 1. The Morgan fingerprint density at radius 2 is 2.31 bits per heavy atom. The molecule has 1 N–H and O–H groups in total. The van der Waals surface area contributed by atoms with Gasteiger partial charge in [-0.25, -0.2) is 4.98 Å². The average Bonchev–Trinajstić information content (AvgIpc) is 2.65. The Hall–Kier alpha value is -0.710. The zero-order valence-electron chi connectivity index (χ0n) is 8.85. The number of halogens is 1. The molecular formula is C12H12BrNOS. The molecule has 1 aromatic heterocycles. The molecule has 0 radical (unpaired) electrons. The predicted octanol–water partition coefficient (Wildman–Crippen LogP) is 3.49. The van der Waals surface area contributed by atoms with Crippen molar-refractivity contribution in [3.63, 3.8) is 0 Å². The van der Waals surface area contributed by atoms with Crippen LogP contribution in [0.25, 0.3) is 0 Å². The lowest BCUT2D eigenvalue weighted by Crippen LogP contribution is -2.01. The van der Waals surface area contributed by atoms with Crippen LogP contribution < -0.4 is 0 Å². The molecular weight excluding hydrogens is 286 g/mol. The van der Waals surface area contributed by atoms with Gasteiger partial charge in [-0.3, -0.25) is 0 Å². The molecule has 0 aliphatic rings. The second-order valence-electron chi connectivity index (χ2n) is 3.68. The largest absolute Gasteiger partial charge is 0.386 e. The van der Waals surface area contributed by atoms with E-state index in [2.05, 4.69) is 20.9 Å². The van der Waals surface area contributed by atoms with Crippen LogP contribution in [0.2, 0.25) is 0 Å². The van der Waals surface area contributed by atoms with Crippen molar-refractivity contribution in [1.29, 1.82) is 0 Å². The SMILES string of the molecule is Cc1csc(C(O)Cc2cccc(Br)c2)n1. The number of aliphatic hydroxyl groups excluding tert-OH is 1. The number of aryl methyl sites for hydroxylation is 1. The summed E-state index contributed by atoms with van der Waals surface area (Å²) in [5, 5.41) is 12.8. The van der Waals surface area contributed by atoms with Gasteiger partial charge in [0.05, 0.1) is 0 Å². The number of aliphatic hydroxyl groups is 1. The van der Waals surface area contributed by atoms with Crippen molar-refractivity contribution in [2.24, 2.45) is 0 Å². The first-order chi connectivity index (χ1) is 7.65. The molecule has 0 saturated heterocycles. The van der Waals surface area contributed by atoms with Crippen molar-refractivity contribution in [2.75, 3.05) is 0 Å². The van der Waals surface area contributed by atoms with Crippen LogP contribution in [0.1, 0.15) is 22.4 Å². The lowest BCUT2D eigenvalue weighted by atomic mass is 10.1. The first-order valence-electron chi connectivity index (χ1n) is 4.99. The zero-order valence-corrected chi connectivity index (χ0v) is 11.3. The fourth-order valence-corrected chi connectivity index (χ4v) is 2.73. The van der Waals surface area contributed by atoms with Crippen LogP contribution in [0.5, 0.6) is 0 Å². The monoisotopic (exact) mass is 297 g/mol. The van der Waals surface area contributed by atoms with Crippen molar-refractivity contribution in [1.82, 2.24) is 4.98 Å². The van der Waals surface area contributed by atoms with E-state index in [0.717, 1.165) is 20.7 Å². The second-order valence-corrected chi connectivity index (χ2v) is 5.48. The van der Waals surface area contributed by atoms with Crippen LogP contribution >= 0.6 is 27.3 Å². The molecule has 4 heteroatoms. The Kier molecular flexibility index (Phi) is 3.74. The molecule has 0 aliphatic heterocycles. The van der Waals surface area contributed by atoms with E-state index in [4.69, 9.17) is 0 Å². The molecule has 0 bridgehead atoms. The summed E-state index contributed by atoms with van der Waals surface area (Å²) in [4.78, 5) is 4.29. The summed E-state index contributed by atoms with van der Waals surface area (Å²) in [6, 6.07) is 7.97. The van der Waals surface area contributed by atoms with Crippen molar-refractivity contribution in [3.05, 3.63) is 50.4 Å². The summed E-state index contributed by atoms with van der Waals surface area (Å²) in [5.41, 5.74) is 2.07. The first-order valence-corrected chi connectivity index (χ1v) is 6.67. The van der Waals surface area contributed by atoms with Gasteiger partial charge in [0.25, 0.3) is 0 Å². The summed E-state index contributed by atoms with van der Waals surface area (Å²) in [6.45, 7) is 1.94. The maximum atomic E-state index is 10.0. The van der Waals surface area contributed by atoms with Crippen LogP contribution in [0, 0.1) is 6.92 Å². The summed E-state index contributed by atoms with van der Waals surface area (Å²) in [7, 11) is 0. The summed E-state index contributed by atoms with van der Waals surface area (Å²) < 4.78 is 1.03. The van der Waals surface area contributed by atoms with E-state index in [1.165, 1.54) is 11.3 Å². The number of nitrogens with zero attached hydrogens (tertiary/aromatic N) is 1. The molecule has 0 saturated carbocycles. The molecule has 16 heavy (non-hydrogen) atoms. The predicted molar refractivity (Wildman–Crippen MR) is 69.7 cm³/mol. The van der Waals surface area contributed by atoms with E-state index in [1.807, 2.05) is 36.6 Å². The topological polar surface area (TPSA) is 33.1 Å². The quantitative estimate of drug-likeness (QED) is 0.941. The van der Waals surface area contributed by atoms with Gasteiger partial charge < -0.3 is 5.11 Å². The molecule has 0 amide bonds. The van der Waals surface area contributed by atoms with Gasteiger partial charge in [-0.05, 0) is 24.6 Å². The third kappa shape index (κ3) is 2.90. The molecule has 2 nitrogen and oxygen atoms in total. The molecule has 0 aliphatic carbocycles. The normalized spacial score (nSPS) is 12.7. The summed E-state index contributed by atoms with van der Waals surface area (Å²) in [5.74, 6) is 0. The molecule has 0 spiro atoms. The minimum atomic E-state index is -0.506. The van der Waals surface area contributed by atoms with E-state index < -0.39 is 6.10 Å². The second kappa shape index (κ2) is 5.08. The van der Waals surface area contributed by atoms with E-state index in [1.54, 1.807) is 0 Å². The lowest BCUT2D eigenvalue weighted by Gasteiger charge is -2.07. The summed E-state index contributed by atoms with van der Waals surface area (Å²) >= 11 is 4.93. The van der Waals surface area contributed by atoms with Gasteiger partial charge in [0.1, 0.15) is 11.1 Å². The van der Waals surface area contributed by atoms with Gasteiger partial charge in [-0.15, -0.1) is 11.3 Å². The van der Waals surface area contributed by atoms with Gasteiger partial charge >= 0.3 is 0 Å². The molecule has 1 aromatic carbocycles. The highest BCUT2D eigenvalue weighted by atomic mass is 79.9. The highest BCUT2D eigenvalue weighted by Gasteiger charge is 2.12. The zero-order chi connectivity index (χ0) is 11.5. The lowest BCUT2D eigenvalue weighted by molar-refractivity contribution is 0.178. The maximum Gasteiger partial charge on any atom is 0.122 e. The van der Waals surface area contributed by atoms with E-state index in [9.17, 15) is 5.11 Å². The van der Waals surface area contributed by atoms with Crippen molar-refractivity contribution in [2.45, 2.75) is 19.4 Å². The molecule has 1 heterocycles. The average molecular weight is 298 g/mol. The van der Waals surface area contributed by atoms with E-state index in [-0.39, 0.29) is 0 Å². The van der Waals surface area contributed by atoms with Gasteiger partial charge in [-0.1, -0.05) is 28.1 Å². The Morgan fingerprint density at radius 1 is 1.50 bits per heavy atom. The molecule has 84 valence electrons. The Balaban J connectivity index is 2.10. The third-order valence-electron chi connectivity index (χ3n) is 2.24. The Labute approximate surface area is 107 Å². The van der Waals surface area contributed by atoms with E-state index >= 15 is 0 Å². The maximum absolute atomic E-state index is 10.0. The standard InChI is InChI=1S/C12H12BrNOS/c1-8-7-16-12(14-8)11(15)6-9-3-2-4-10(13)5-9/h2-5,7,11,15H,6H2,1H3. The van der Waals surface area contributed by atoms with Crippen molar-refractivity contribution < 1.29 is 5.11 Å². The molecule has 2 aromatic rings. The minimum Gasteiger partial charge on any atom is -0.386 e. The Morgan fingerprint density at radius 3 is 2.94 bits per heavy atom. The smallest absolute Gasteiger partial charge is 0.122 e. The number of hydrogen-bond donors (Lipinski definition) is 1. The Bertz CT molecular complexity index is 483. The number of hydrogen-bond acceptors (Lipinski definition) is 3. The minimum absolute atomic E-state index is 0.506. The fourth-order valence-electron chi connectivity index (χ4n) is 1.50. The van der Waals surface area contributed by atoms with Crippen LogP contribution in [0.3, 0.4) is 0 Å². The molecule has 1 atom stereocenters. The summed E-state index contributed by atoms with van der Waals surface area (Å²) in [6.07, 6.45) is 0.0971. The number of benzene rings is 1. The van der Waals surface area contributed by atoms with Crippen molar-refractivity contribution >= 4 is 27.3 Å². The van der Waals surface area contributed by atoms with Crippen LogP contribution in [0.4, 0.5) is 0 Å². The van der Waals surface area contributed by atoms with Crippen LogP contribution in [-0.4, -0.2) is 10.1 Å². The highest BCUT2D eigenvalue weighted by Crippen LogP contribution is 2.23. The van der Waals surface area contributed by atoms with E-state index in [0.29, 0.717) is 6.42 Å². The first kappa shape index (κ1) is 11.8. The van der Waals surface area contributed by atoms with Gasteiger partial charge in [0.15, 0.2) is 0 Å². The van der Waals surface area contributed by atoms with Gasteiger partial charge in [-0.2, -0.15) is 0 Å².